The van der Waals surface area contributed by atoms with E-state index in [0.717, 1.165) is 10.6 Å². The lowest BCUT2D eigenvalue weighted by Gasteiger charge is -2.04. The maximum atomic E-state index is 8.65. The van der Waals surface area contributed by atoms with Gasteiger partial charge in [-0.3, -0.25) is 0 Å². The van der Waals surface area contributed by atoms with Crippen molar-refractivity contribution >= 4 is 11.8 Å². The molecule has 1 aromatic heterocycles. The van der Waals surface area contributed by atoms with Gasteiger partial charge in [-0.1, -0.05) is 24.3 Å². The fraction of sp³-hybridized carbons (Fsp3) is 0.143. The number of nitriles is 1. The number of thioether (sulfide) groups is 1. The van der Waals surface area contributed by atoms with E-state index >= 15 is 0 Å². The van der Waals surface area contributed by atoms with Crippen LogP contribution in [0.1, 0.15) is 16.8 Å². The van der Waals surface area contributed by atoms with Crippen LogP contribution in [0.25, 0.3) is 0 Å². The normalized spacial score (nSPS) is 9.88. The third-order valence-corrected chi connectivity index (χ3v) is 3.54. The standard InChI is InChI=1S/C14H12N2S/c1-11-4-2-3-5-12(11)10-17-14-7-6-13(8-15)16-9-14/h2-7,9H,10H2,1H3. The summed E-state index contributed by atoms with van der Waals surface area (Å²) in [7, 11) is 0. The molecule has 0 aliphatic rings. The van der Waals surface area contributed by atoms with Crippen molar-refractivity contribution in [1.82, 2.24) is 4.98 Å². The molecule has 0 saturated carbocycles. The predicted octanol–water partition coefficient (Wildman–Crippen LogP) is 3.55. The number of nitrogens with zero attached hydrogens (tertiary/aromatic N) is 2. The Morgan fingerprint density at radius 2 is 2.06 bits per heavy atom. The van der Waals surface area contributed by atoms with Gasteiger partial charge in [0.1, 0.15) is 11.8 Å². The van der Waals surface area contributed by atoms with Gasteiger partial charge in [0.25, 0.3) is 0 Å². The summed E-state index contributed by atoms with van der Waals surface area (Å²) in [6, 6.07) is 14.1. The van der Waals surface area contributed by atoms with Gasteiger partial charge >= 0.3 is 0 Å². The van der Waals surface area contributed by atoms with Gasteiger partial charge in [0.05, 0.1) is 0 Å². The summed E-state index contributed by atoms with van der Waals surface area (Å²) in [5, 5.41) is 8.65. The van der Waals surface area contributed by atoms with Crippen LogP contribution in [0.4, 0.5) is 0 Å². The second-order valence-corrected chi connectivity index (χ2v) is 4.75. The minimum Gasteiger partial charge on any atom is -0.244 e. The van der Waals surface area contributed by atoms with Crippen LogP contribution in [-0.4, -0.2) is 4.98 Å². The maximum Gasteiger partial charge on any atom is 0.140 e. The molecule has 0 unspecified atom stereocenters. The number of benzene rings is 1. The highest BCUT2D eigenvalue weighted by molar-refractivity contribution is 7.98. The molecule has 0 saturated heterocycles. The van der Waals surface area contributed by atoms with Crippen molar-refractivity contribution in [2.45, 2.75) is 17.6 Å². The zero-order valence-corrected chi connectivity index (χ0v) is 10.4. The predicted molar refractivity (Wildman–Crippen MR) is 69.7 cm³/mol. The number of hydrogen-bond acceptors (Lipinski definition) is 3. The first kappa shape index (κ1) is 11.7. The van der Waals surface area contributed by atoms with Gasteiger partial charge in [-0.2, -0.15) is 5.26 Å². The number of aryl methyl sites for hydroxylation is 1. The highest BCUT2D eigenvalue weighted by Crippen LogP contribution is 2.23. The molecule has 0 aliphatic heterocycles. The number of rotatable bonds is 3. The molecule has 1 heterocycles. The van der Waals surface area contributed by atoms with Crippen molar-refractivity contribution in [1.29, 1.82) is 5.26 Å². The lowest BCUT2D eigenvalue weighted by Crippen LogP contribution is -1.86. The fourth-order valence-corrected chi connectivity index (χ4v) is 2.40. The number of pyridine rings is 1. The summed E-state index contributed by atoms with van der Waals surface area (Å²) >= 11 is 1.73. The molecule has 17 heavy (non-hydrogen) atoms. The van der Waals surface area contributed by atoms with E-state index in [1.807, 2.05) is 18.2 Å². The van der Waals surface area contributed by atoms with Crippen LogP contribution in [-0.2, 0) is 5.75 Å². The Labute approximate surface area is 105 Å². The highest BCUT2D eigenvalue weighted by Gasteiger charge is 2.00. The van der Waals surface area contributed by atoms with Gasteiger partial charge in [-0.25, -0.2) is 4.98 Å². The summed E-state index contributed by atoms with van der Waals surface area (Å²) in [6.45, 7) is 2.12. The van der Waals surface area contributed by atoms with Crippen molar-refractivity contribution in [2.24, 2.45) is 0 Å². The second kappa shape index (κ2) is 5.51. The van der Waals surface area contributed by atoms with E-state index in [2.05, 4.69) is 30.1 Å². The number of aromatic nitrogens is 1. The summed E-state index contributed by atoms with van der Waals surface area (Å²) in [6.07, 6.45) is 1.75. The largest absolute Gasteiger partial charge is 0.244 e. The average Bonchev–Trinajstić information content (AvgIpc) is 2.38. The Bertz CT molecular complexity index is 541. The van der Waals surface area contributed by atoms with Crippen molar-refractivity contribution in [3.05, 3.63) is 59.4 Å². The minimum absolute atomic E-state index is 0.463. The first-order valence-corrected chi connectivity index (χ1v) is 6.31. The van der Waals surface area contributed by atoms with E-state index in [4.69, 9.17) is 5.26 Å². The third-order valence-electron chi connectivity index (χ3n) is 2.51. The molecule has 0 aliphatic carbocycles. The van der Waals surface area contributed by atoms with Gasteiger partial charge in [0.2, 0.25) is 0 Å². The maximum absolute atomic E-state index is 8.65. The molecule has 0 fully saturated rings. The van der Waals surface area contributed by atoms with Crippen LogP contribution in [0, 0.1) is 18.3 Å². The third kappa shape index (κ3) is 3.08. The molecular formula is C14H12N2S. The lowest BCUT2D eigenvalue weighted by atomic mass is 10.1. The van der Waals surface area contributed by atoms with Crippen LogP contribution in [0.2, 0.25) is 0 Å². The summed E-state index contributed by atoms with van der Waals surface area (Å²) < 4.78 is 0. The molecule has 3 heteroatoms. The summed E-state index contributed by atoms with van der Waals surface area (Å²) in [5.41, 5.74) is 3.11. The van der Waals surface area contributed by atoms with Crippen molar-refractivity contribution in [2.75, 3.05) is 0 Å². The van der Waals surface area contributed by atoms with Crippen molar-refractivity contribution in [3.63, 3.8) is 0 Å². The van der Waals surface area contributed by atoms with E-state index < -0.39 is 0 Å². The molecule has 2 aromatic rings. The van der Waals surface area contributed by atoms with E-state index in [1.165, 1.54) is 11.1 Å². The molecule has 0 N–H and O–H groups in total. The van der Waals surface area contributed by atoms with Gasteiger partial charge in [-0.15, -0.1) is 11.8 Å². The SMILES string of the molecule is Cc1ccccc1CSc1ccc(C#N)nc1. The van der Waals surface area contributed by atoms with Gasteiger partial charge in [-0.05, 0) is 30.2 Å². The highest BCUT2D eigenvalue weighted by atomic mass is 32.2. The first-order chi connectivity index (χ1) is 8.29. The lowest BCUT2D eigenvalue weighted by molar-refractivity contribution is 1.19. The van der Waals surface area contributed by atoms with E-state index in [9.17, 15) is 0 Å². The molecule has 2 nitrogen and oxygen atoms in total. The van der Waals surface area contributed by atoms with Crippen LogP contribution in [0.15, 0.2) is 47.5 Å². The molecule has 1 aromatic carbocycles. The molecule has 84 valence electrons. The Morgan fingerprint density at radius 3 is 2.71 bits per heavy atom. The fourth-order valence-electron chi connectivity index (χ4n) is 1.46. The second-order valence-electron chi connectivity index (χ2n) is 3.71. The smallest absolute Gasteiger partial charge is 0.140 e. The summed E-state index contributed by atoms with van der Waals surface area (Å²) in [5.74, 6) is 0.931. The molecule has 0 bridgehead atoms. The quantitative estimate of drug-likeness (QED) is 0.770. The van der Waals surface area contributed by atoms with Crippen LogP contribution in [0.5, 0.6) is 0 Å². The van der Waals surface area contributed by atoms with E-state index in [0.29, 0.717) is 5.69 Å². The molecule has 0 amide bonds. The Balaban J connectivity index is 2.03. The van der Waals surface area contributed by atoms with Crippen LogP contribution < -0.4 is 0 Å². The molecule has 0 radical (unpaired) electrons. The first-order valence-electron chi connectivity index (χ1n) is 5.33. The minimum atomic E-state index is 0.463. The van der Waals surface area contributed by atoms with E-state index in [1.54, 1.807) is 24.0 Å². The van der Waals surface area contributed by atoms with Gasteiger partial charge in [0, 0.05) is 16.8 Å². The molecular weight excluding hydrogens is 228 g/mol. The Kier molecular flexibility index (Phi) is 3.79. The van der Waals surface area contributed by atoms with E-state index in [-0.39, 0.29) is 0 Å². The Morgan fingerprint density at radius 1 is 1.24 bits per heavy atom. The molecule has 0 spiro atoms. The molecule has 0 atom stereocenters. The molecule has 2 rings (SSSR count). The monoisotopic (exact) mass is 240 g/mol. The average molecular weight is 240 g/mol. The van der Waals surface area contributed by atoms with Crippen molar-refractivity contribution < 1.29 is 0 Å². The number of hydrogen-bond donors (Lipinski definition) is 0. The van der Waals surface area contributed by atoms with Gasteiger partial charge in [0.15, 0.2) is 0 Å². The van der Waals surface area contributed by atoms with Crippen molar-refractivity contribution in [3.8, 4) is 6.07 Å². The Hall–Kier alpha value is -1.79. The zero-order valence-electron chi connectivity index (χ0n) is 9.55. The van der Waals surface area contributed by atoms with Crippen LogP contribution in [0.3, 0.4) is 0 Å². The zero-order chi connectivity index (χ0) is 12.1. The van der Waals surface area contributed by atoms with Gasteiger partial charge < -0.3 is 0 Å². The van der Waals surface area contributed by atoms with Crippen LogP contribution >= 0.6 is 11.8 Å². The summed E-state index contributed by atoms with van der Waals surface area (Å²) in [4.78, 5) is 5.14. The topological polar surface area (TPSA) is 36.7 Å².